The molecule has 1 aliphatic rings. The van der Waals surface area contributed by atoms with E-state index in [-0.39, 0.29) is 17.7 Å². The van der Waals surface area contributed by atoms with E-state index in [4.69, 9.17) is 11.6 Å². The Hall–Kier alpha value is -2.07. The Kier molecular flexibility index (Phi) is 4.03. The van der Waals surface area contributed by atoms with Crippen LogP contribution in [0.2, 0.25) is 5.02 Å². The molecule has 1 atom stereocenters. The molecule has 1 heterocycles. The highest BCUT2D eigenvalue weighted by molar-refractivity contribution is 6.30. The van der Waals surface area contributed by atoms with Crippen molar-refractivity contribution >= 4 is 23.3 Å². The number of benzene rings is 1. The van der Waals surface area contributed by atoms with E-state index in [0.29, 0.717) is 22.2 Å². The lowest BCUT2D eigenvalue weighted by molar-refractivity contribution is 0.0927. The van der Waals surface area contributed by atoms with Crippen LogP contribution in [0.5, 0.6) is 0 Å². The van der Waals surface area contributed by atoms with Crippen molar-refractivity contribution in [3.05, 3.63) is 58.4 Å². The predicted molar refractivity (Wildman–Crippen MR) is 85.2 cm³/mol. The Balaban J connectivity index is 1.77. The summed E-state index contributed by atoms with van der Waals surface area (Å²) in [4.78, 5) is 26.6. The summed E-state index contributed by atoms with van der Waals surface area (Å²) in [6, 6.07) is 9.13. The van der Waals surface area contributed by atoms with Crippen molar-refractivity contribution in [2.75, 3.05) is 0 Å². The number of nitrogens with one attached hydrogen (secondary N) is 2. The fourth-order valence-electron chi connectivity index (χ4n) is 2.52. The van der Waals surface area contributed by atoms with Crippen molar-refractivity contribution in [1.29, 1.82) is 0 Å². The van der Waals surface area contributed by atoms with Crippen LogP contribution in [0.4, 0.5) is 0 Å². The summed E-state index contributed by atoms with van der Waals surface area (Å²) in [6.45, 7) is 1.48. The van der Waals surface area contributed by atoms with Gasteiger partial charge in [0, 0.05) is 16.8 Å². The van der Waals surface area contributed by atoms with Crippen LogP contribution in [0, 0.1) is 5.92 Å². The first kappa shape index (κ1) is 14.9. The molecular weight excluding hydrogens is 300 g/mol. The smallest absolute Gasteiger partial charge is 0.268 e. The minimum atomic E-state index is -0.195. The maximum Gasteiger partial charge on any atom is 0.268 e. The number of hydrogen-bond acceptors (Lipinski definition) is 2. The Bertz CT molecular complexity index is 702. The Morgan fingerprint density at radius 3 is 2.50 bits per heavy atom. The molecule has 2 aromatic rings. The van der Waals surface area contributed by atoms with Crippen LogP contribution < -0.4 is 5.32 Å². The third kappa shape index (κ3) is 3.22. The van der Waals surface area contributed by atoms with Crippen LogP contribution in [-0.2, 0) is 0 Å². The number of carbonyl (C=O) groups is 2. The molecule has 0 bridgehead atoms. The zero-order valence-electron chi connectivity index (χ0n) is 12.2. The van der Waals surface area contributed by atoms with Gasteiger partial charge in [-0.25, -0.2) is 0 Å². The number of aromatic amines is 1. The van der Waals surface area contributed by atoms with Crippen LogP contribution >= 0.6 is 11.6 Å². The molecule has 2 N–H and O–H groups in total. The molecule has 0 aliphatic heterocycles. The van der Waals surface area contributed by atoms with Crippen LogP contribution in [0.1, 0.15) is 52.2 Å². The van der Waals surface area contributed by atoms with Crippen molar-refractivity contribution < 1.29 is 9.59 Å². The van der Waals surface area contributed by atoms with E-state index < -0.39 is 0 Å². The lowest BCUT2D eigenvalue weighted by atomic mass is 10.0. The highest BCUT2D eigenvalue weighted by atomic mass is 35.5. The van der Waals surface area contributed by atoms with E-state index in [1.165, 1.54) is 6.92 Å². The second kappa shape index (κ2) is 5.97. The summed E-state index contributed by atoms with van der Waals surface area (Å²) in [6.07, 6.45) is 3.78. The Labute approximate surface area is 133 Å². The van der Waals surface area contributed by atoms with Gasteiger partial charge in [0.15, 0.2) is 5.78 Å². The predicted octanol–water partition coefficient (Wildman–Crippen LogP) is 3.75. The minimum Gasteiger partial charge on any atom is -0.356 e. The molecule has 0 saturated heterocycles. The van der Waals surface area contributed by atoms with Gasteiger partial charge in [-0.05, 0) is 49.4 Å². The van der Waals surface area contributed by atoms with Crippen molar-refractivity contribution in [3.63, 3.8) is 0 Å². The molecule has 114 valence electrons. The van der Waals surface area contributed by atoms with Gasteiger partial charge in [-0.2, -0.15) is 0 Å². The largest absolute Gasteiger partial charge is 0.356 e. The van der Waals surface area contributed by atoms with Gasteiger partial charge in [-0.1, -0.05) is 23.7 Å². The molecule has 1 aromatic carbocycles. The number of hydrogen-bond donors (Lipinski definition) is 2. The van der Waals surface area contributed by atoms with Gasteiger partial charge >= 0.3 is 0 Å². The van der Waals surface area contributed by atoms with Crippen LogP contribution in [0.25, 0.3) is 0 Å². The summed E-state index contributed by atoms with van der Waals surface area (Å²) in [5.41, 5.74) is 1.98. The molecule has 0 spiro atoms. The normalized spacial score (nSPS) is 15.4. The Morgan fingerprint density at radius 2 is 1.95 bits per heavy atom. The third-order valence-corrected chi connectivity index (χ3v) is 4.20. The van der Waals surface area contributed by atoms with E-state index in [0.717, 1.165) is 18.4 Å². The summed E-state index contributed by atoms with van der Waals surface area (Å²) in [7, 11) is 0. The van der Waals surface area contributed by atoms with E-state index in [2.05, 4.69) is 10.3 Å². The van der Waals surface area contributed by atoms with Crippen molar-refractivity contribution in [3.8, 4) is 0 Å². The zero-order valence-corrected chi connectivity index (χ0v) is 13.0. The number of carbonyl (C=O) groups excluding carboxylic acids is 2. The van der Waals surface area contributed by atoms with Crippen LogP contribution in [-0.4, -0.2) is 16.7 Å². The van der Waals surface area contributed by atoms with Gasteiger partial charge in [-0.15, -0.1) is 0 Å². The molecule has 1 saturated carbocycles. The maximum atomic E-state index is 12.4. The number of amides is 1. The highest BCUT2D eigenvalue weighted by Crippen LogP contribution is 2.41. The van der Waals surface area contributed by atoms with E-state index in [1.54, 1.807) is 12.3 Å². The van der Waals surface area contributed by atoms with Crippen LogP contribution in [0.3, 0.4) is 0 Å². The van der Waals surface area contributed by atoms with Crippen molar-refractivity contribution in [2.45, 2.75) is 25.8 Å². The standard InChI is InChI=1S/C17H17ClN2O2/c1-10(21)13-8-15(19-9-13)17(22)20-16(11-2-3-11)12-4-6-14(18)7-5-12/h4-9,11,16,19H,2-3H2,1H3,(H,20,22). The molecule has 1 fully saturated rings. The van der Waals surface area contributed by atoms with E-state index in [1.807, 2.05) is 24.3 Å². The second-order valence-electron chi connectivity index (χ2n) is 5.70. The lowest BCUT2D eigenvalue weighted by Gasteiger charge is -2.18. The van der Waals surface area contributed by atoms with E-state index in [9.17, 15) is 9.59 Å². The van der Waals surface area contributed by atoms with Gasteiger partial charge in [0.05, 0.1) is 6.04 Å². The van der Waals surface area contributed by atoms with Crippen LogP contribution in [0.15, 0.2) is 36.5 Å². The molecule has 1 aromatic heterocycles. The Morgan fingerprint density at radius 1 is 1.27 bits per heavy atom. The maximum absolute atomic E-state index is 12.4. The molecule has 5 heteroatoms. The third-order valence-electron chi connectivity index (χ3n) is 3.94. The molecular formula is C17H17ClN2O2. The van der Waals surface area contributed by atoms with Gasteiger partial charge in [0.1, 0.15) is 5.69 Å². The minimum absolute atomic E-state index is 0.0196. The zero-order chi connectivity index (χ0) is 15.7. The average molecular weight is 317 g/mol. The fourth-order valence-corrected chi connectivity index (χ4v) is 2.65. The topological polar surface area (TPSA) is 62.0 Å². The summed E-state index contributed by atoms with van der Waals surface area (Å²) < 4.78 is 0. The molecule has 22 heavy (non-hydrogen) atoms. The summed E-state index contributed by atoms with van der Waals surface area (Å²) in [5.74, 6) is 0.207. The number of Topliss-reactive ketones (excluding diaryl/α,β-unsaturated/α-hetero) is 1. The number of halogens is 1. The quantitative estimate of drug-likeness (QED) is 0.825. The van der Waals surface area contributed by atoms with Gasteiger partial charge in [0.2, 0.25) is 0 Å². The average Bonchev–Trinajstić information content (AvgIpc) is 3.20. The van der Waals surface area contributed by atoms with Crippen molar-refractivity contribution in [1.82, 2.24) is 10.3 Å². The number of ketones is 1. The molecule has 4 nitrogen and oxygen atoms in total. The van der Waals surface area contributed by atoms with Gasteiger partial charge in [0.25, 0.3) is 5.91 Å². The van der Waals surface area contributed by atoms with E-state index >= 15 is 0 Å². The van der Waals surface area contributed by atoms with Gasteiger partial charge < -0.3 is 10.3 Å². The first-order chi connectivity index (χ1) is 10.5. The monoisotopic (exact) mass is 316 g/mol. The number of H-pyrrole nitrogens is 1. The molecule has 3 rings (SSSR count). The molecule has 0 radical (unpaired) electrons. The lowest BCUT2D eigenvalue weighted by Crippen LogP contribution is -2.30. The van der Waals surface area contributed by atoms with Gasteiger partial charge in [-0.3, -0.25) is 9.59 Å². The number of aromatic nitrogens is 1. The molecule has 1 aliphatic carbocycles. The molecule has 1 amide bonds. The molecule has 1 unspecified atom stereocenters. The summed E-state index contributed by atoms with van der Waals surface area (Å²) >= 11 is 5.92. The first-order valence-corrected chi connectivity index (χ1v) is 7.68. The SMILES string of the molecule is CC(=O)c1c[nH]c(C(=O)NC(c2ccc(Cl)cc2)C2CC2)c1. The summed E-state index contributed by atoms with van der Waals surface area (Å²) in [5, 5.41) is 3.74. The fraction of sp³-hybridized carbons (Fsp3) is 0.294. The second-order valence-corrected chi connectivity index (χ2v) is 6.13. The first-order valence-electron chi connectivity index (χ1n) is 7.30. The number of rotatable bonds is 5. The van der Waals surface area contributed by atoms with Crippen molar-refractivity contribution in [2.24, 2.45) is 5.92 Å². The highest BCUT2D eigenvalue weighted by Gasteiger charge is 2.33.